The number of aromatic nitrogens is 2. The van der Waals surface area contributed by atoms with E-state index >= 15 is 0 Å². The minimum atomic E-state index is -0.0636. The van der Waals surface area contributed by atoms with E-state index in [1.807, 2.05) is 11.9 Å². The fourth-order valence-corrected chi connectivity index (χ4v) is 2.15. The van der Waals surface area contributed by atoms with Gasteiger partial charge in [-0.2, -0.15) is 0 Å². The SMILES string of the molecule is CN(Cc1nnc(C2CC2)o1)C1CCNC1=O. The summed E-state index contributed by atoms with van der Waals surface area (Å²) in [6, 6.07) is -0.0636. The normalized spacial score (nSPS) is 24.4. The molecule has 0 aromatic carbocycles. The van der Waals surface area contributed by atoms with Crippen molar-refractivity contribution in [1.29, 1.82) is 0 Å². The average Bonchev–Trinajstić information content (AvgIpc) is 2.90. The van der Waals surface area contributed by atoms with Crippen LogP contribution in [0.1, 0.15) is 37.0 Å². The summed E-state index contributed by atoms with van der Waals surface area (Å²) < 4.78 is 5.58. The summed E-state index contributed by atoms with van der Waals surface area (Å²) in [6.07, 6.45) is 3.16. The van der Waals surface area contributed by atoms with Gasteiger partial charge in [-0.15, -0.1) is 10.2 Å². The number of hydrogen-bond acceptors (Lipinski definition) is 5. The number of carbonyl (C=O) groups excluding carboxylic acids is 1. The Morgan fingerprint density at radius 1 is 1.41 bits per heavy atom. The van der Waals surface area contributed by atoms with E-state index < -0.39 is 0 Å². The minimum absolute atomic E-state index is 0.0636. The Morgan fingerprint density at radius 2 is 2.24 bits per heavy atom. The molecule has 0 spiro atoms. The number of rotatable bonds is 4. The van der Waals surface area contributed by atoms with E-state index in [1.54, 1.807) is 0 Å². The van der Waals surface area contributed by atoms with Gasteiger partial charge in [0.05, 0.1) is 12.6 Å². The van der Waals surface area contributed by atoms with Crippen LogP contribution in [0, 0.1) is 0 Å². The lowest BCUT2D eigenvalue weighted by Crippen LogP contribution is -2.37. The molecule has 1 amide bonds. The first kappa shape index (κ1) is 10.7. The second-order valence-corrected chi connectivity index (χ2v) is 4.82. The van der Waals surface area contributed by atoms with E-state index in [2.05, 4.69) is 15.5 Å². The fraction of sp³-hybridized carbons (Fsp3) is 0.727. The third-order valence-electron chi connectivity index (χ3n) is 3.35. The van der Waals surface area contributed by atoms with E-state index in [0.29, 0.717) is 18.4 Å². The molecule has 1 atom stereocenters. The summed E-state index contributed by atoms with van der Waals surface area (Å²) in [5, 5.41) is 10.9. The van der Waals surface area contributed by atoms with E-state index in [1.165, 1.54) is 0 Å². The molecule has 2 aliphatic rings. The molecule has 1 aliphatic heterocycles. The van der Waals surface area contributed by atoms with Crippen molar-refractivity contribution in [3.05, 3.63) is 11.8 Å². The van der Waals surface area contributed by atoms with Gasteiger partial charge < -0.3 is 9.73 Å². The van der Waals surface area contributed by atoms with E-state index in [9.17, 15) is 4.79 Å². The zero-order valence-corrected chi connectivity index (χ0v) is 9.85. The lowest BCUT2D eigenvalue weighted by atomic mass is 10.2. The molecule has 1 aromatic rings. The van der Waals surface area contributed by atoms with Crippen molar-refractivity contribution in [2.45, 2.75) is 37.8 Å². The standard InChI is InChI=1S/C11H16N4O2/c1-15(8-4-5-12-10(8)16)6-9-13-14-11(17-9)7-2-3-7/h7-8H,2-6H2,1H3,(H,12,16). The van der Waals surface area contributed by atoms with Crippen LogP contribution in [0.25, 0.3) is 0 Å². The Morgan fingerprint density at radius 3 is 2.88 bits per heavy atom. The fourth-order valence-electron chi connectivity index (χ4n) is 2.15. The molecule has 0 radical (unpaired) electrons. The van der Waals surface area contributed by atoms with Gasteiger partial charge in [0, 0.05) is 12.5 Å². The largest absolute Gasteiger partial charge is 0.424 e. The van der Waals surface area contributed by atoms with Crippen molar-refractivity contribution in [3.8, 4) is 0 Å². The quantitative estimate of drug-likeness (QED) is 0.812. The first-order valence-electron chi connectivity index (χ1n) is 6.04. The van der Waals surface area contributed by atoms with Crippen LogP contribution in [0.15, 0.2) is 4.42 Å². The Balaban J connectivity index is 1.62. The van der Waals surface area contributed by atoms with Crippen molar-refractivity contribution < 1.29 is 9.21 Å². The topological polar surface area (TPSA) is 71.3 Å². The highest BCUT2D eigenvalue weighted by atomic mass is 16.4. The molecule has 3 rings (SSSR count). The van der Waals surface area contributed by atoms with Crippen LogP contribution in [-0.4, -0.2) is 40.6 Å². The predicted molar refractivity (Wildman–Crippen MR) is 59.2 cm³/mol. The van der Waals surface area contributed by atoms with Gasteiger partial charge in [0.1, 0.15) is 0 Å². The van der Waals surface area contributed by atoms with Gasteiger partial charge in [0.25, 0.3) is 0 Å². The highest BCUT2D eigenvalue weighted by Gasteiger charge is 2.31. The van der Waals surface area contributed by atoms with Crippen LogP contribution in [-0.2, 0) is 11.3 Å². The van der Waals surface area contributed by atoms with Gasteiger partial charge >= 0.3 is 0 Å². The second-order valence-electron chi connectivity index (χ2n) is 4.82. The summed E-state index contributed by atoms with van der Waals surface area (Å²) in [4.78, 5) is 13.5. The molecule has 6 nitrogen and oxygen atoms in total. The van der Waals surface area contributed by atoms with Crippen molar-refractivity contribution >= 4 is 5.91 Å². The van der Waals surface area contributed by atoms with Crippen LogP contribution in [0.5, 0.6) is 0 Å². The number of nitrogens with one attached hydrogen (secondary N) is 1. The van der Waals surface area contributed by atoms with Crippen LogP contribution in [0.4, 0.5) is 0 Å². The lowest BCUT2D eigenvalue weighted by Gasteiger charge is -2.19. The molecular formula is C11H16N4O2. The molecule has 1 unspecified atom stereocenters. The maximum Gasteiger partial charge on any atom is 0.237 e. The van der Waals surface area contributed by atoms with Gasteiger partial charge in [-0.1, -0.05) is 0 Å². The van der Waals surface area contributed by atoms with E-state index in [0.717, 1.165) is 31.7 Å². The Labute approximate surface area is 99.4 Å². The average molecular weight is 236 g/mol. The molecule has 2 heterocycles. The molecule has 1 aromatic heterocycles. The minimum Gasteiger partial charge on any atom is -0.424 e. The number of carbonyl (C=O) groups is 1. The molecule has 2 fully saturated rings. The molecular weight excluding hydrogens is 220 g/mol. The van der Waals surface area contributed by atoms with Crippen molar-refractivity contribution in [2.75, 3.05) is 13.6 Å². The number of amides is 1. The summed E-state index contributed by atoms with van der Waals surface area (Å²) in [5.74, 6) is 1.93. The second kappa shape index (κ2) is 4.10. The lowest BCUT2D eigenvalue weighted by molar-refractivity contribution is -0.123. The summed E-state index contributed by atoms with van der Waals surface area (Å²) >= 11 is 0. The predicted octanol–water partition coefficient (Wildman–Crippen LogP) is 0.267. The zero-order chi connectivity index (χ0) is 11.8. The molecule has 1 N–H and O–H groups in total. The van der Waals surface area contributed by atoms with Crippen molar-refractivity contribution in [1.82, 2.24) is 20.4 Å². The third kappa shape index (κ3) is 2.17. The molecule has 0 bridgehead atoms. The molecule has 17 heavy (non-hydrogen) atoms. The number of likely N-dealkylation sites (N-methyl/N-ethyl adjacent to an activating group) is 1. The third-order valence-corrected chi connectivity index (χ3v) is 3.35. The first-order chi connectivity index (χ1) is 8.24. The zero-order valence-electron chi connectivity index (χ0n) is 9.85. The van der Waals surface area contributed by atoms with Crippen molar-refractivity contribution in [3.63, 3.8) is 0 Å². The molecule has 1 saturated heterocycles. The molecule has 1 aliphatic carbocycles. The molecule has 92 valence electrons. The summed E-state index contributed by atoms with van der Waals surface area (Å²) in [5.41, 5.74) is 0. The smallest absolute Gasteiger partial charge is 0.237 e. The van der Waals surface area contributed by atoms with Gasteiger partial charge in [0.2, 0.25) is 17.7 Å². The monoisotopic (exact) mass is 236 g/mol. The van der Waals surface area contributed by atoms with Crippen LogP contribution in [0.2, 0.25) is 0 Å². The Hall–Kier alpha value is -1.43. The van der Waals surface area contributed by atoms with Gasteiger partial charge in [-0.05, 0) is 26.3 Å². The van der Waals surface area contributed by atoms with Crippen LogP contribution < -0.4 is 5.32 Å². The van der Waals surface area contributed by atoms with Gasteiger partial charge in [0.15, 0.2) is 0 Å². The summed E-state index contributed by atoms with van der Waals surface area (Å²) in [6.45, 7) is 1.29. The van der Waals surface area contributed by atoms with Gasteiger partial charge in [-0.3, -0.25) is 9.69 Å². The maximum atomic E-state index is 11.5. The highest BCUT2D eigenvalue weighted by molar-refractivity contribution is 5.83. The Kier molecular flexibility index (Phi) is 2.58. The molecule has 1 saturated carbocycles. The van der Waals surface area contributed by atoms with Crippen LogP contribution in [0.3, 0.4) is 0 Å². The highest BCUT2D eigenvalue weighted by Crippen LogP contribution is 2.39. The van der Waals surface area contributed by atoms with Crippen LogP contribution >= 0.6 is 0 Å². The first-order valence-corrected chi connectivity index (χ1v) is 6.04. The summed E-state index contributed by atoms with van der Waals surface area (Å²) in [7, 11) is 1.91. The van der Waals surface area contributed by atoms with Gasteiger partial charge in [-0.25, -0.2) is 0 Å². The number of hydrogen-bond donors (Lipinski definition) is 1. The molecule has 6 heteroatoms. The van der Waals surface area contributed by atoms with E-state index in [-0.39, 0.29) is 11.9 Å². The maximum absolute atomic E-state index is 11.5. The van der Waals surface area contributed by atoms with Crippen molar-refractivity contribution in [2.24, 2.45) is 0 Å². The van der Waals surface area contributed by atoms with E-state index in [4.69, 9.17) is 4.42 Å². The number of nitrogens with zero attached hydrogens (tertiary/aromatic N) is 3. The Bertz CT molecular complexity index is 427.